The summed E-state index contributed by atoms with van der Waals surface area (Å²) >= 11 is 0. The molecule has 0 unspecified atom stereocenters. The number of sulfonamides is 2. The van der Waals surface area contributed by atoms with E-state index in [1.54, 1.807) is 42.5 Å². The van der Waals surface area contributed by atoms with Gasteiger partial charge in [0.15, 0.2) is 0 Å². The number of carbonyl (C=O) groups excluding carboxylic acids is 1. The Morgan fingerprint density at radius 3 is 1.63 bits per heavy atom. The highest BCUT2D eigenvalue weighted by molar-refractivity contribution is 7.93. The Hall–Kier alpha value is -4.35. The Labute approximate surface area is 221 Å². The summed E-state index contributed by atoms with van der Waals surface area (Å²) in [5.74, 6) is 0.198. The van der Waals surface area contributed by atoms with Gasteiger partial charge in [0.05, 0.1) is 16.4 Å². The number of hydrogen-bond acceptors (Lipinski definition) is 6. The van der Waals surface area contributed by atoms with E-state index in [0.29, 0.717) is 35.0 Å². The first-order chi connectivity index (χ1) is 18.2. The van der Waals surface area contributed by atoms with Crippen LogP contribution >= 0.6 is 0 Å². The third-order valence-electron chi connectivity index (χ3n) is 5.29. The minimum absolute atomic E-state index is 0.0273. The lowest BCUT2D eigenvalue weighted by molar-refractivity contribution is 0.102. The van der Waals surface area contributed by atoms with Gasteiger partial charge in [-0.25, -0.2) is 16.8 Å². The first-order valence-corrected chi connectivity index (χ1v) is 14.5. The van der Waals surface area contributed by atoms with Crippen LogP contribution in [-0.2, 0) is 20.0 Å². The number of nitrogens with one attached hydrogen (secondary N) is 3. The number of anilines is 3. The normalized spacial score (nSPS) is 11.4. The van der Waals surface area contributed by atoms with Crippen molar-refractivity contribution in [1.82, 2.24) is 0 Å². The third-order valence-corrected chi connectivity index (χ3v) is 8.09. The monoisotopic (exact) mass is 551 g/mol. The Balaban J connectivity index is 1.37. The van der Waals surface area contributed by atoms with Crippen molar-refractivity contribution >= 4 is 43.0 Å². The molecule has 9 nitrogen and oxygen atoms in total. The number of carbonyl (C=O) groups is 1. The molecule has 196 valence electrons. The molecule has 11 heteroatoms. The highest BCUT2D eigenvalue weighted by Crippen LogP contribution is 2.22. The first-order valence-electron chi connectivity index (χ1n) is 11.5. The lowest BCUT2D eigenvalue weighted by Gasteiger charge is -2.11. The second kappa shape index (κ2) is 11.4. The van der Waals surface area contributed by atoms with Crippen LogP contribution < -0.4 is 19.5 Å². The first kappa shape index (κ1) is 26.7. The molecule has 0 radical (unpaired) electrons. The number of amides is 1. The van der Waals surface area contributed by atoms with E-state index in [9.17, 15) is 21.6 Å². The summed E-state index contributed by atoms with van der Waals surface area (Å²) in [7, 11) is -7.58. The predicted molar refractivity (Wildman–Crippen MR) is 147 cm³/mol. The van der Waals surface area contributed by atoms with Crippen molar-refractivity contribution in [3.8, 4) is 5.75 Å². The van der Waals surface area contributed by atoms with Crippen molar-refractivity contribution in [3.63, 3.8) is 0 Å². The molecule has 0 aliphatic rings. The summed E-state index contributed by atoms with van der Waals surface area (Å²) < 4.78 is 60.7. The van der Waals surface area contributed by atoms with Gasteiger partial charge in [-0.05, 0) is 91.9 Å². The van der Waals surface area contributed by atoms with Gasteiger partial charge in [-0.3, -0.25) is 14.2 Å². The second-order valence-electron chi connectivity index (χ2n) is 8.04. The Kier molecular flexibility index (Phi) is 7.99. The molecule has 0 saturated heterocycles. The maximum atomic E-state index is 12.7. The molecule has 0 heterocycles. The number of rotatable bonds is 10. The zero-order chi connectivity index (χ0) is 27.2. The Morgan fingerprint density at radius 2 is 1.11 bits per heavy atom. The molecule has 0 fully saturated rings. The van der Waals surface area contributed by atoms with Crippen molar-refractivity contribution in [2.24, 2.45) is 0 Å². The fourth-order valence-electron chi connectivity index (χ4n) is 3.42. The van der Waals surface area contributed by atoms with Gasteiger partial charge in [0.25, 0.3) is 26.0 Å². The lowest BCUT2D eigenvalue weighted by atomic mass is 10.2. The number of ether oxygens (including phenoxy) is 1. The topological polar surface area (TPSA) is 131 Å². The summed E-state index contributed by atoms with van der Waals surface area (Å²) in [6, 6.07) is 26.2. The number of benzene rings is 4. The van der Waals surface area contributed by atoms with Crippen molar-refractivity contribution < 1.29 is 26.4 Å². The maximum absolute atomic E-state index is 12.7. The fraction of sp³-hybridized carbons (Fsp3) is 0.0741. The van der Waals surface area contributed by atoms with Crippen LogP contribution in [0, 0.1) is 0 Å². The van der Waals surface area contributed by atoms with E-state index in [2.05, 4.69) is 14.8 Å². The predicted octanol–water partition coefficient (Wildman–Crippen LogP) is 4.94. The summed E-state index contributed by atoms with van der Waals surface area (Å²) in [4.78, 5) is 12.8. The molecule has 0 saturated carbocycles. The zero-order valence-electron chi connectivity index (χ0n) is 20.3. The quantitative estimate of drug-likeness (QED) is 0.256. The maximum Gasteiger partial charge on any atom is 0.261 e. The molecule has 4 aromatic rings. The van der Waals surface area contributed by atoms with Gasteiger partial charge in [0, 0.05) is 22.6 Å². The van der Waals surface area contributed by atoms with Crippen molar-refractivity contribution in [2.75, 3.05) is 21.4 Å². The van der Waals surface area contributed by atoms with E-state index in [4.69, 9.17) is 4.74 Å². The molecule has 0 aromatic heterocycles. The van der Waals surface area contributed by atoms with Crippen LogP contribution in [-0.4, -0.2) is 29.3 Å². The third kappa shape index (κ3) is 6.69. The largest absolute Gasteiger partial charge is 0.494 e. The zero-order valence-corrected chi connectivity index (χ0v) is 21.9. The molecule has 1 amide bonds. The standard InChI is InChI=1S/C27H25N3O6S2/c1-2-36-24-16-12-23(13-17-24)30-38(34,35)26-18-14-21(15-19-26)28-27(31)20-8-10-22(11-9-20)29-37(32,33)25-6-4-3-5-7-25/h3-19,29-30H,2H2,1H3,(H,28,31). The highest BCUT2D eigenvalue weighted by atomic mass is 32.2. The molecule has 4 aromatic carbocycles. The van der Waals surface area contributed by atoms with Crippen LogP contribution in [0.1, 0.15) is 17.3 Å². The molecular weight excluding hydrogens is 526 g/mol. The van der Waals surface area contributed by atoms with Crippen molar-refractivity contribution in [1.29, 1.82) is 0 Å². The second-order valence-corrected chi connectivity index (χ2v) is 11.4. The van der Waals surface area contributed by atoms with E-state index in [0.717, 1.165) is 0 Å². The van der Waals surface area contributed by atoms with Crippen molar-refractivity contribution in [2.45, 2.75) is 16.7 Å². The number of hydrogen-bond donors (Lipinski definition) is 3. The van der Waals surface area contributed by atoms with Crippen LogP contribution in [0.2, 0.25) is 0 Å². The van der Waals surface area contributed by atoms with E-state index in [-0.39, 0.29) is 9.79 Å². The molecule has 0 spiro atoms. The van der Waals surface area contributed by atoms with E-state index < -0.39 is 26.0 Å². The Morgan fingerprint density at radius 1 is 0.632 bits per heavy atom. The Bertz CT molecular complexity index is 1610. The molecular formula is C27H25N3O6S2. The minimum atomic E-state index is -3.84. The lowest BCUT2D eigenvalue weighted by Crippen LogP contribution is -2.15. The van der Waals surface area contributed by atoms with Crippen LogP contribution in [0.4, 0.5) is 17.1 Å². The van der Waals surface area contributed by atoms with Crippen LogP contribution in [0.15, 0.2) is 113 Å². The molecule has 0 aliphatic heterocycles. The smallest absolute Gasteiger partial charge is 0.261 e. The van der Waals surface area contributed by atoms with Gasteiger partial charge < -0.3 is 10.1 Å². The summed E-state index contributed by atoms with van der Waals surface area (Å²) in [5.41, 5.74) is 1.38. The summed E-state index contributed by atoms with van der Waals surface area (Å²) in [6.07, 6.45) is 0. The molecule has 0 atom stereocenters. The van der Waals surface area contributed by atoms with Crippen LogP contribution in [0.3, 0.4) is 0 Å². The van der Waals surface area contributed by atoms with Crippen molar-refractivity contribution in [3.05, 3.63) is 109 Å². The van der Waals surface area contributed by atoms with E-state index in [1.165, 1.54) is 60.7 Å². The average molecular weight is 552 g/mol. The SMILES string of the molecule is CCOc1ccc(NS(=O)(=O)c2ccc(NC(=O)c3ccc(NS(=O)(=O)c4ccccc4)cc3)cc2)cc1. The van der Waals surface area contributed by atoms with Gasteiger partial charge in [-0.1, -0.05) is 18.2 Å². The van der Waals surface area contributed by atoms with Crippen LogP contribution in [0.25, 0.3) is 0 Å². The van der Waals surface area contributed by atoms with Gasteiger partial charge in [0.2, 0.25) is 0 Å². The van der Waals surface area contributed by atoms with Gasteiger partial charge >= 0.3 is 0 Å². The minimum Gasteiger partial charge on any atom is -0.494 e. The molecule has 0 bridgehead atoms. The van der Waals surface area contributed by atoms with E-state index >= 15 is 0 Å². The molecule has 4 rings (SSSR count). The van der Waals surface area contributed by atoms with Gasteiger partial charge in [-0.15, -0.1) is 0 Å². The molecule has 38 heavy (non-hydrogen) atoms. The van der Waals surface area contributed by atoms with Gasteiger partial charge in [-0.2, -0.15) is 0 Å². The van der Waals surface area contributed by atoms with Crippen LogP contribution in [0.5, 0.6) is 5.75 Å². The average Bonchev–Trinajstić information content (AvgIpc) is 2.91. The fourth-order valence-corrected chi connectivity index (χ4v) is 5.56. The van der Waals surface area contributed by atoms with E-state index in [1.807, 2.05) is 6.92 Å². The summed E-state index contributed by atoms with van der Waals surface area (Å²) in [5, 5.41) is 2.69. The molecule has 3 N–H and O–H groups in total. The van der Waals surface area contributed by atoms with Gasteiger partial charge in [0.1, 0.15) is 5.75 Å². The summed E-state index contributed by atoms with van der Waals surface area (Å²) in [6.45, 7) is 2.37. The molecule has 0 aliphatic carbocycles. The highest BCUT2D eigenvalue weighted by Gasteiger charge is 2.16.